The molecule has 2 fully saturated rings. The number of hydrogen-bond donors (Lipinski definition) is 2. The number of fused-ring (bicyclic) bond motifs is 1. The predicted molar refractivity (Wildman–Crippen MR) is 112 cm³/mol. The van der Waals surface area contributed by atoms with Crippen LogP contribution in [0.4, 0.5) is 0 Å². The first-order valence-electron chi connectivity index (χ1n) is 10.3. The van der Waals surface area contributed by atoms with E-state index in [9.17, 15) is 5.26 Å². The van der Waals surface area contributed by atoms with E-state index in [1.165, 1.54) is 0 Å². The molecule has 2 aromatic heterocycles. The van der Waals surface area contributed by atoms with Crippen LogP contribution in [0.2, 0.25) is 0 Å². The molecule has 0 bridgehead atoms. The average molecular weight is 387 g/mol. The first-order chi connectivity index (χ1) is 14.3. The summed E-state index contributed by atoms with van der Waals surface area (Å²) in [4.78, 5) is 11.0. The molecule has 2 aliphatic rings. The van der Waals surface area contributed by atoms with Gasteiger partial charge in [-0.15, -0.1) is 0 Å². The normalized spacial score (nSPS) is 21.3. The molecule has 2 aliphatic heterocycles. The van der Waals surface area contributed by atoms with Gasteiger partial charge in [0.1, 0.15) is 0 Å². The third-order valence-electron chi connectivity index (χ3n) is 6.15. The number of ether oxygens (including phenoxy) is 1. The molecule has 2 atom stereocenters. The molecule has 0 amide bonds. The van der Waals surface area contributed by atoms with E-state index < -0.39 is 0 Å². The van der Waals surface area contributed by atoms with Gasteiger partial charge in [-0.25, -0.2) is 4.98 Å². The number of morpholine rings is 1. The van der Waals surface area contributed by atoms with Crippen molar-refractivity contribution >= 4 is 11.0 Å². The monoisotopic (exact) mass is 387 g/mol. The van der Waals surface area contributed by atoms with Crippen LogP contribution in [-0.4, -0.2) is 54.3 Å². The molecule has 4 heterocycles. The standard InChI is InChI=1S/C23H25N5O/c24-14-16-1-3-17(4-2-16)19-13-21-20(6-8-26-21)27-22(19)23(18-5-7-25-15-18)28-9-11-29-12-10-28/h1-4,6,8,13,18,23,25-26H,5,7,9-12,15H2/t18-,23?/m0/s1. The zero-order valence-corrected chi connectivity index (χ0v) is 16.4. The van der Waals surface area contributed by atoms with Crippen LogP contribution >= 0.6 is 0 Å². The minimum Gasteiger partial charge on any atom is -0.379 e. The second-order valence-electron chi connectivity index (χ2n) is 7.87. The van der Waals surface area contributed by atoms with E-state index in [4.69, 9.17) is 9.72 Å². The lowest BCUT2D eigenvalue weighted by molar-refractivity contribution is 0.00299. The van der Waals surface area contributed by atoms with Gasteiger partial charge in [0, 0.05) is 24.8 Å². The Morgan fingerprint density at radius 1 is 1.17 bits per heavy atom. The van der Waals surface area contributed by atoms with E-state index in [1.807, 2.05) is 36.5 Å². The lowest BCUT2D eigenvalue weighted by Gasteiger charge is -2.38. The van der Waals surface area contributed by atoms with Crippen molar-refractivity contribution in [2.45, 2.75) is 12.5 Å². The molecule has 29 heavy (non-hydrogen) atoms. The third kappa shape index (κ3) is 3.53. The number of H-pyrrole nitrogens is 1. The topological polar surface area (TPSA) is 77.0 Å². The van der Waals surface area contributed by atoms with E-state index >= 15 is 0 Å². The van der Waals surface area contributed by atoms with Crippen molar-refractivity contribution < 1.29 is 4.74 Å². The Labute approximate surface area is 170 Å². The van der Waals surface area contributed by atoms with Gasteiger partial charge in [0.15, 0.2) is 0 Å². The number of aromatic nitrogens is 2. The number of aromatic amines is 1. The highest BCUT2D eigenvalue weighted by Gasteiger charge is 2.35. The minimum atomic E-state index is 0.249. The number of pyridine rings is 1. The van der Waals surface area contributed by atoms with Gasteiger partial charge < -0.3 is 15.0 Å². The van der Waals surface area contributed by atoms with Crippen LogP contribution in [0.25, 0.3) is 22.2 Å². The van der Waals surface area contributed by atoms with Gasteiger partial charge in [0.05, 0.1) is 47.6 Å². The van der Waals surface area contributed by atoms with Gasteiger partial charge in [-0.3, -0.25) is 4.90 Å². The van der Waals surface area contributed by atoms with Crippen molar-refractivity contribution in [2.24, 2.45) is 5.92 Å². The highest BCUT2D eigenvalue weighted by Crippen LogP contribution is 2.38. The molecule has 3 aromatic rings. The third-order valence-corrected chi connectivity index (χ3v) is 6.15. The number of hydrogen-bond acceptors (Lipinski definition) is 5. The van der Waals surface area contributed by atoms with E-state index in [1.54, 1.807) is 0 Å². The van der Waals surface area contributed by atoms with Gasteiger partial charge in [-0.1, -0.05) is 12.1 Å². The molecule has 5 rings (SSSR count). The Morgan fingerprint density at radius 2 is 2.00 bits per heavy atom. The number of benzene rings is 1. The maximum absolute atomic E-state index is 9.18. The maximum Gasteiger partial charge on any atom is 0.0991 e. The molecule has 1 aromatic carbocycles. The summed E-state index contributed by atoms with van der Waals surface area (Å²) in [6.07, 6.45) is 3.10. The highest BCUT2D eigenvalue weighted by molar-refractivity contribution is 5.82. The summed E-state index contributed by atoms with van der Waals surface area (Å²) >= 11 is 0. The highest BCUT2D eigenvalue weighted by atomic mass is 16.5. The van der Waals surface area contributed by atoms with Crippen LogP contribution in [0.5, 0.6) is 0 Å². The SMILES string of the molecule is N#Cc1ccc(-c2cc3[nH]ccc3nc2C([C@H]2CCNC2)N2CCOCC2)cc1. The zero-order valence-electron chi connectivity index (χ0n) is 16.4. The van der Waals surface area contributed by atoms with Crippen molar-refractivity contribution in [3.05, 3.63) is 53.9 Å². The number of rotatable bonds is 4. The molecule has 6 heteroatoms. The number of nitrogens with one attached hydrogen (secondary N) is 2. The van der Waals surface area contributed by atoms with Crippen LogP contribution in [0, 0.1) is 17.2 Å². The summed E-state index contributed by atoms with van der Waals surface area (Å²) in [5, 5.41) is 12.7. The smallest absolute Gasteiger partial charge is 0.0991 e. The zero-order chi connectivity index (χ0) is 19.6. The van der Waals surface area contributed by atoms with E-state index in [-0.39, 0.29) is 6.04 Å². The molecule has 2 N–H and O–H groups in total. The summed E-state index contributed by atoms with van der Waals surface area (Å²) < 4.78 is 5.63. The van der Waals surface area contributed by atoms with Crippen LogP contribution in [0.15, 0.2) is 42.6 Å². The van der Waals surface area contributed by atoms with E-state index in [0.29, 0.717) is 11.5 Å². The van der Waals surface area contributed by atoms with E-state index in [2.05, 4.69) is 27.3 Å². The van der Waals surface area contributed by atoms with Gasteiger partial charge >= 0.3 is 0 Å². The molecule has 148 valence electrons. The van der Waals surface area contributed by atoms with Gasteiger partial charge in [0.2, 0.25) is 0 Å². The van der Waals surface area contributed by atoms with Crippen LogP contribution in [-0.2, 0) is 4.74 Å². The van der Waals surface area contributed by atoms with Crippen molar-refractivity contribution in [1.82, 2.24) is 20.2 Å². The second-order valence-corrected chi connectivity index (χ2v) is 7.87. The molecule has 0 saturated carbocycles. The Kier molecular flexibility index (Phi) is 5.03. The number of nitrogens with zero attached hydrogens (tertiary/aromatic N) is 3. The molecular formula is C23H25N5O. The molecular weight excluding hydrogens is 362 g/mol. The molecule has 0 spiro atoms. The largest absolute Gasteiger partial charge is 0.379 e. The fourth-order valence-corrected chi connectivity index (χ4v) is 4.67. The molecule has 1 unspecified atom stereocenters. The first-order valence-corrected chi connectivity index (χ1v) is 10.3. The predicted octanol–water partition coefficient (Wildman–Crippen LogP) is 3.08. The molecule has 0 radical (unpaired) electrons. The molecule has 6 nitrogen and oxygen atoms in total. The van der Waals surface area contributed by atoms with Gasteiger partial charge in [0.25, 0.3) is 0 Å². The lowest BCUT2D eigenvalue weighted by atomic mass is 9.88. The Bertz CT molecular complexity index is 1020. The summed E-state index contributed by atoms with van der Waals surface area (Å²) in [6, 6.07) is 14.6. The number of nitriles is 1. The summed E-state index contributed by atoms with van der Waals surface area (Å²) in [5.74, 6) is 0.522. The molecule has 2 saturated heterocycles. The average Bonchev–Trinajstić information content (AvgIpc) is 3.46. The fourth-order valence-electron chi connectivity index (χ4n) is 4.67. The van der Waals surface area contributed by atoms with Crippen LogP contribution < -0.4 is 5.32 Å². The van der Waals surface area contributed by atoms with Crippen molar-refractivity contribution in [3.8, 4) is 17.2 Å². The van der Waals surface area contributed by atoms with Crippen molar-refractivity contribution in [2.75, 3.05) is 39.4 Å². The first kappa shape index (κ1) is 18.3. The summed E-state index contributed by atoms with van der Waals surface area (Å²) in [6.45, 7) is 5.48. The van der Waals surface area contributed by atoms with Gasteiger partial charge in [-0.2, -0.15) is 5.26 Å². The maximum atomic E-state index is 9.18. The van der Waals surface area contributed by atoms with Crippen LogP contribution in [0.1, 0.15) is 23.7 Å². The van der Waals surface area contributed by atoms with Crippen molar-refractivity contribution in [3.63, 3.8) is 0 Å². The Hall–Kier alpha value is -2.72. The van der Waals surface area contributed by atoms with Crippen molar-refractivity contribution in [1.29, 1.82) is 5.26 Å². The fraction of sp³-hybridized carbons (Fsp3) is 0.391. The van der Waals surface area contributed by atoms with Crippen LogP contribution in [0.3, 0.4) is 0 Å². The van der Waals surface area contributed by atoms with Gasteiger partial charge in [-0.05, 0) is 55.3 Å². The Balaban J connectivity index is 1.66. The summed E-state index contributed by atoms with van der Waals surface area (Å²) in [5.41, 5.74) is 6.10. The second kappa shape index (κ2) is 7.96. The summed E-state index contributed by atoms with van der Waals surface area (Å²) in [7, 11) is 0. The quantitative estimate of drug-likeness (QED) is 0.719. The Morgan fingerprint density at radius 3 is 2.72 bits per heavy atom. The van der Waals surface area contributed by atoms with E-state index in [0.717, 1.165) is 73.7 Å². The minimum absolute atomic E-state index is 0.249. The lowest BCUT2D eigenvalue weighted by Crippen LogP contribution is -2.43. The molecule has 0 aliphatic carbocycles.